The van der Waals surface area contributed by atoms with Gasteiger partial charge in [-0.15, -0.1) is 0 Å². The van der Waals surface area contributed by atoms with Crippen molar-refractivity contribution in [2.45, 2.75) is 32.0 Å². The molecule has 0 bridgehead atoms. The molecule has 7 nitrogen and oxygen atoms in total. The number of para-hydroxylation sites is 1. The number of aromatic amines is 1. The summed E-state index contributed by atoms with van der Waals surface area (Å²) in [5, 5.41) is 0.494. The average molecular weight is 394 g/mol. The molecular formula is C22H22N2O5. The highest BCUT2D eigenvalue weighted by Crippen LogP contribution is 2.19. The van der Waals surface area contributed by atoms with Crippen LogP contribution in [0.2, 0.25) is 0 Å². The van der Waals surface area contributed by atoms with E-state index in [0.29, 0.717) is 34.6 Å². The van der Waals surface area contributed by atoms with Crippen LogP contribution in [0.5, 0.6) is 5.75 Å². The molecule has 0 saturated carbocycles. The Morgan fingerprint density at radius 3 is 2.79 bits per heavy atom. The zero-order valence-corrected chi connectivity index (χ0v) is 16.1. The van der Waals surface area contributed by atoms with Crippen LogP contribution < -0.4 is 10.3 Å². The van der Waals surface area contributed by atoms with Crippen LogP contribution in [0.3, 0.4) is 0 Å². The minimum Gasteiger partial charge on any atom is -0.491 e. The smallest absolute Gasteiger partial charge is 0.338 e. The van der Waals surface area contributed by atoms with E-state index in [1.807, 2.05) is 0 Å². The van der Waals surface area contributed by atoms with Gasteiger partial charge in [-0.2, -0.15) is 0 Å². The second kappa shape index (κ2) is 8.45. The number of benzene rings is 2. The molecule has 0 amide bonds. The first kappa shape index (κ1) is 19.1. The number of hydrogen-bond acceptors (Lipinski definition) is 6. The van der Waals surface area contributed by atoms with Crippen molar-refractivity contribution in [2.24, 2.45) is 0 Å². The van der Waals surface area contributed by atoms with E-state index >= 15 is 0 Å². The molecule has 0 radical (unpaired) electrons. The highest BCUT2D eigenvalue weighted by molar-refractivity contribution is 5.89. The molecule has 3 aromatic rings. The highest BCUT2D eigenvalue weighted by atomic mass is 16.5. The van der Waals surface area contributed by atoms with Crippen LogP contribution in [0.25, 0.3) is 10.9 Å². The van der Waals surface area contributed by atoms with Crippen molar-refractivity contribution in [1.82, 2.24) is 9.97 Å². The van der Waals surface area contributed by atoms with Crippen molar-refractivity contribution in [1.29, 1.82) is 0 Å². The zero-order valence-electron chi connectivity index (χ0n) is 16.1. The van der Waals surface area contributed by atoms with Crippen LogP contribution >= 0.6 is 0 Å². The van der Waals surface area contributed by atoms with Gasteiger partial charge in [-0.25, -0.2) is 9.78 Å². The molecule has 1 aromatic heterocycles. The predicted molar refractivity (Wildman–Crippen MR) is 107 cm³/mol. The number of rotatable bonds is 6. The molecule has 1 aliphatic rings. The van der Waals surface area contributed by atoms with Crippen molar-refractivity contribution >= 4 is 16.9 Å². The molecule has 1 N–H and O–H groups in total. The van der Waals surface area contributed by atoms with E-state index in [0.717, 1.165) is 19.4 Å². The molecule has 2 aromatic carbocycles. The summed E-state index contributed by atoms with van der Waals surface area (Å²) >= 11 is 0. The lowest BCUT2D eigenvalue weighted by Gasteiger charge is -2.14. The van der Waals surface area contributed by atoms with Gasteiger partial charge in [-0.3, -0.25) is 4.79 Å². The molecule has 4 rings (SSSR count). The van der Waals surface area contributed by atoms with Gasteiger partial charge in [0.15, 0.2) is 11.9 Å². The van der Waals surface area contributed by atoms with Gasteiger partial charge in [0.1, 0.15) is 12.4 Å². The Morgan fingerprint density at radius 2 is 2.03 bits per heavy atom. The summed E-state index contributed by atoms with van der Waals surface area (Å²) in [6.45, 7) is 2.96. The van der Waals surface area contributed by atoms with Crippen LogP contribution in [0, 0.1) is 0 Å². The van der Waals surface area contributed by atoms with Crippen molar-refractivity contribution in [3.63, 3.8) is 0 Å². The van der Waals surface area contributed by atoms with Crippen LogP contribution in [-0.2, 0) is 9.47 Å². The molecule has 2 heterocycles. The van der Waals surface area contributed by atoms with Gasteiger partial charge in [-0.1, -0.05) is 12.1 Å². The molecule has 0 unspecified atom stereocenters. The number of aromatic nitrogens is 2. The summed E-state index contributed by atoms with van der Waals surface area (Å²) in [5.74, 6) is 0.475. The van der Waals surface area contributed by atoms with Crippen molar-refractivity contribution in [3.8, 4) is 5.75 Å². The van der Waals surface area contributed by atoms with E-state index in [-0.39, 0.29) is 11.7 Å². The monoisotopic (exact) mass is 394 g/mol. The second-order valence-electron chi connectivity index (χ2n) is 6.99. The third-order valence-electron chi connectivity index (χ3n) is 4.85. The number of nitrogens with one attached hydrogen (secondary N) is 1. The largest absolute Gasteiger partial charge is 0.491 e. The van der Waals surface area contributed by atoms with Gasteiger partial charge in [0.2, 0.25) is 0 Å². The molecule has 2 atom stereocenters. The maximum absolute atomic E-state index is 12.5. The molecule has 0 aliphatic carbocycles. The number of hydrogen-bond donors (Lipinski definition) is 1. The summed E-state index contributed by atoms with van der Waals surface area (Å²) in [4.78, 5) is 31.7. The Balaban J connectivity index is 1.40. The fourth-order valence-electron chi connectivity index (χ4n) is 3.23. The van der Waals surface area contributed by atoms with Crippen LogP contribution in [0.4, 0.5) is 0 Å². The Labute approximate surface area is 167 Å². The van der Waals surface area contributed by atoms with Crippen molar-refractivity contribution < 1.29 is 19.0 Å². The molecular weight excluding hydrogens is 372 g/mol. The van der Waals surface area contributed by atoms with E-state index in [1.165, 1.54) is 0 Å². The SMILES string of the molecule is C[C@H](OC(=O)c1ccc(OC[C@H]2CCCO2)cc1)c1nc2ccccc2c(=O)[nH]1. The number of H-pyrrole nitrogens is 1. The Morgan fingerprint density at radius 1 is 1.24 bits per heavy atom. The number of fused-ring (bicyclic) bond motifs is 1. The first-order valence-electron chi connectivity index (χ1n) is 9.64. The van der Waals surface area contributed by atoms with Crippen molar-refractivity contribution in [3.05, 3.63) is 70.3 Å². The number of nitrogens with zero attached hydrogens (tertiary/aromatic N) is 1. The normalized spacial score (nSPS) is 17.2. The topological polar surface area (TPSA) is 90.5 Å². The van der Waals surface area contributed by atoms with Gasteiger partial charge in [0.05, 0.1) is 22.6 Å². The molecule has 150 valence electrons. The first-order valence-corrected chi connectivity index (χ1v) is 9.64. The summed E-state index contributed by atoms with van der Waals surface area (Å²) < 4.78 is 16.7. The molecule has 0 spiro atoms. The molecule has 1 fully saturated rings. The number of carbonyl (C=O) groups is 1. The molecule has 7 heteroatoms. The Bertz CT molecular complexity index is 1050. The average Bonchev–Trinajstić information content (AvgIpc) is 3.26. The van der Waals surface area contributed by atoms with Crippen LogP contribution in [-0.4, -0.2) is 35.3 Å². The maximum Gasteiger partial charge on any atom is 0.338 e. The number of carbonyl (C=O) groups excluding carboxylic acids is 1. The predicted octanol–water partition coefficient (Wildman–Crippen LogP) is 3.40. The Hall–Kier alpha value is -3.19. The fraction of sp³-hybridized carbons (Fsp3) is 0.318. The van der Waals surface area contributed by atoms with E-state index in [9.17, 15) is 9.59 Å². The maximum atomic E-state index is 12.5. The van der Waals surface area contributed by atoms with Gasteiger partial charge < -0.3 is 19.2 Å². The van der Waals surface area contributed by atoms with Gasteiger partial charge in [0, 0.05) is 6.61 Å². The number of ether oxygens (including phenoxy) is 3. The number of esters is 1. The van der Waals surface area contributed by atoms with E-state index in [2.05, 4.69) is 9.97 Å². The minimum absolute atomic E-state index is 0.136. The van der Waals surface area contributed by atoms with E-state index < -0.39 is 12.1 Å². The second-order valence-corrected chi connectivity index (χ2v) is 6.99. The summed E-state index contributed by atoms with van der Waals surface area (Å²) in [7, 11) is 0. The van der Waals surface area contributed by atoms with Gasteiger partial charge in [-0.05, 0) is 56.2 Å². The molecule has 29 heavy (non-hydrogen) atoms. The fourth-order valence-corrected chi connectivity index (χ4v) is 3.23. The first-order chi connectivity index (χ1) is 14.1. The van der Waals surface area contributed by atoms with E-state index in [4.69, 9.17) is 14.2 Å². The lowest BCUT2D eigenvalue weighted by molar-refractivity contribution is 0.0319. The zero-order chi connectivity index (χ0) is 20.2. The summed E-state index contributed by atoms with van der Waals surface area (Å²) in [6.07, 6.45) is 1.51. The molecule has 1 aliphatic heterocycles. The Kier molecular flexibility index (Phi) is 5.57. The van der Waals surface area contributed by atoms with Crippen LogP contribution in [0.15, 0.2) is 53.3 Å². The minimum atomic E-state index is -0.699. The van der Waals surface area contributed by atoms with Crippen molar-refractivity contribution in [2.75, 3.05) is 13.2 Å². The highest BCUT2D eigenvalue weighted by Gasteiger charge is 2.18. The molecule has 1 saturated heterocycles. The van der Waals surface area contributed by atoms with Crippen LogP contribution in [0.1, 0.15) is 42.1 Å². The third-order valence-corrected chi connectivity index (χ3v) is 4.85. The van der Waals surface area contributed by atoms with E-state index in [1.54, 1.807) is 55.5 Å². The quantitative estimate of drug-likeness (QED) is 0.645. The lowest BCUT2D eigenvalue weighted by Crippen LogP contribution is -2.17. The summed E-state index contributed by atoms with van der Waals surface area (Å²) in [5.41, 5.74) is 0.688. The van der Waals surface area contributed by atoms with Gasteiger partial charge in [0.25, 0.3) is 5.56 Å². The van der Waals surface area contributed by atoms with Gasteiger partial charge >= 0.3 is 5.97 Å². The summed E-state index contributed by atoms with van der Waals surface area (Å²) in [6, 6.07) is 13.8. The lowest BCUT2D eigenvalue weighted by atomic mass is 10.2. The third kappa shape index (κ3) is 4.46. The standard InChI is InChI=1S/C22H22N2O5/c1-14(20-23-19-7-3-2-6-18(19)21(25)24-20)29-22(26)15-8-10-16(11-9-15)28-13-17-5-4-12-27-17/h2-3,6-11,14,17H,4-5,12-13H2,1H3,(H,23,24,25)/t14-,17+/m0/s1.